The van der Waals surface area contributed by atoms with Crippen LogP contribution in [0.1, 0.15) is 13.8 Å². The maximum absolute atomic E-state index is 12.3. The molecule has 1 aliphatic rings. The summed E-state index contributed by atoms with van der Waals surface area (Å²) in [5.74, 6) is 0.155. The minimum absolute atomic E-state index is 0.218. The van der Waals surface area contributed by atoms with Crippen LogP contribution in [0.25, 0.3) is 10.6 Å². The smallest absolute Gasteiger partial charge is 0.325 e. The van der Waals surface area contributed by atoms with Gasteiger partial charge in [0.1, 0.15) is 11.2 Å². The number of rotatable bonds is 7. The lowest BCUT2D eigenvalue weighted by Gasteiger charge is -2.16. The molecule has 0 radical (unpaired) electrons. The van der Waals surface area contributed by atoms with E-state index in [0.717, 1.165) is 20.2 Å². The highest BCUT2D eigenvalue weighted by molar-refractivity contribution is 9.10. The summed E-state index contributed by atoms with van der Waals surface area (Å²) in [4.78, 5) is 41.8. The van der Waals surface area contributed by atoms with E-state index in [1.807, 2.05) is 42.3 Å². The van der Waals surface area contributed by atoms with Crippen molar-refractivity contribution in [3.8, 4) is 10.6 Å². The summed E-state index contributed by atoms with van der Waals surface area (Å²) in [6, 6.07) is 9.61. The van der Waals surface area contributed by atoms with Crippen molar-refractivity contribution in [1.29, 1.82) is 0 Å². The molecule has 3 heterocycles. The van der Waals surface area contributed by atoms with Crippen molar-refractivity contribution < 1.29 is 9.59 Å². The Bertz CT molecular complexity index is 1150. The van der Waals surface area contributed by atoms with Gasteiger partial charge in [-0.15, -0.1) is 0 Å². The lowest BCUT2D eigenvalue weighted by molar-refractivity contribution is -0.130. The molecular weight excluding hydrogens is 494 g/mol. The van der Waals surface area contributed by atoms with Crippen LogP contribution in [0.15, 0.2) is 47.2 Å². The molecule has 0 unspecified atom stereocenters. The second-order valence-electron chi connectivity index (χ2n) is 7.73. The number of thiazole rings is 1. The number of hydrogen-bond acceptors (Lipinski definition) is 8. The number of nitrogens with zero attached hydrogens (tertiary/aromatic N) is 5. The number of halogens is 1. The van der Waals surface area contributed by atoms with Gasteiger partial charge in [0.25, 0.3) is 5.91 Å². The second kappa shape index (κ2) is 8.83. The maximum atomic E-state index is 12.3. The van der Waals surface area contributed by atoms with Gasteiger partial charge < -0.3 is 15.5 Å². The Morgan fingerprint density at radius 3 is 2.62 bits per heavy atom. The van der Waals surface area contributed by atoms with Gasteiger partial charge in [0.2, 0.25) is 5.95 Å². The number of aromatic nitrogens is 3. The number of nitrogens with one attached hydrogen (secondary N) is 2. The molecule has 2 N–H and O–H groups in total. The molecule has 0 spiro atoms. The Morgan fingerprint density at radius 2 is 1.94 bits per heavy atom. The van der Waals surface area contributed by atoms with E-state index in [1.165, 1.54) is 16.2 Å². The van der Waals surface area contributed by atoms with Crippen molar-refractivity contribution in [3.63, 3.8) is 0 Å². The Morgan fingerprint density at radius 1 is 1.19 bits per heavy atom. The Labute approximate surface area is 198 Å². The minimum atomic E-state index is -0.880. The van der Waals surface area contributed by atoms with Crippen molar-refractivity contribution in [2.24, 2.45) is 0 Å². The summed E-state index contributed by atoms with van der Waals surface area (Å²) in [6.45, 7) is 3.92. The van der Waals surface area contributed by atoms with Crippen LogP contribution >= 0.6 is 27.3 Å². The molecule has 0 aliphatic carbocycles. The quantitative estimate of drug-likeness (QED) is 0.460. The van der Waals surface area contributed by atoms with Crippen LogP contribution in [0.4, 0.5) is 21.6 Å². The van der Waals surface area contributed by atoms with Crippen molar-refractivity contribution in [1.82, 2.24) is 25.2 Å². The van der Waals surface area contributed by atoms with E-state index < -0.39 is 5.54 Å². The largest absolute Gasteiger partial charge is 0.352 e. The first kappa shape index (κ1) is 22.2. The van der Waals surface area contributed by atoms with Crippen LogP contribution in [0.3, 0.4) is 0 Å². The summed E-state index contributed by atoms with van der Waals surface area (Å²) < 4.78 is 0.747. The topological polar surface area (TPSA) is 103 Å². The molecule has 166 valence electrons. The van der Waals surface area contributed by atoms with Gasteiger partial charge in [-0.25, -0.2) is 19.7 Å². The average Bonchev–Trinajstić information content (AvgIpc) is 3.33. The fourth-order valence-corrected chi connectivity index (χ4v) is 4.66. The standard InChI is InChI=1S/C21H22BrN7O2S/c1-21(2)17(30)29(19(31)27-21)10-9-23-18-24-11-14(22)16(26-18)15-12-25-20(32-15)28(3)13-7-5-4-6-8-13/h4-8,11-12H,9-10H2,1-3H3,(H,27,31)(H,23,24,26). The molecule has 1 saturated heterocycles. The van der Waals surface area contributed by atoms with E-state index in [0.29, 0.717) is 18.2 Å². The molecule has 32 heavy (non-hydrogen) atoms. The molecule has 3 aromatic rings. The van der Waals surface area contributed by atoms with Gasteiger partial charge in [0, 0.05) is 38.2 Å². The molecule has 1 fully saturated rings. The van der Waals surface area contributed by atoms with E-state index in [-0.39, 0.29) is 18.5 Å². The van der Waals surface area contributed by atoms with Crippen LogP contribution in [0.2, 0.25) is 0 Å². The van der Waals surface area contributed by atoms with Crippen LogP contribution in [-0.4, -0.2) is 57.5 Å². The Balaban J connectivity index is 1.45. The van der Waals surface area contributed by atoms with Crippen LogP contribution in [0.5, 0.6) is 0 Å². The number of hydrogen-bond donors (Lipinski definition) is 2. The highest BCUT2D eigenvalue weighted by Crippen LogP contribution is 2.36. The SMILES string of the molecule is CN(c1ccccc1)c1ncc(-c2nc(NCCN3C(=O)NC(C)(C)C3=O)ncc2Br)s1. The highest BCUT2D eigenvalue weighted by Gasteiger charge is 2.43. The number of para-hydroxylation sites is 1. The first-order chi connectivity index (χ1) is 15.3. The number of carbonyl (C=O) groups excluding carboxylic acids is 2. The number of carbonyl (C=O) groups is 2. The summed E-state index contributed by atoms with van der Waals surface area (Å²) in [5, 5.41) is 6.60. The molecule has 2 aromatic heterocycles. The van der Waals surface area contributed by atoms with Gasteiger partial charge >= 0.3 is 6.03 Å². The zero-order chi connectivity index (χ0) is 22.9. The third-order valence-electron chi connectivity index (χ3n) is 4.96. The number of imide groups is 1. The highest BCUT2D eigenvalue weighted by atomic mass is 79.9. The minimum Gasteiger partial charge on any atom is -0.352 e. The van der Waals surface area contributed by atoms with Crippen LogP contribution in [-0.2, 0) is 4.79 Å². The van der Waals surface area contributed by atoms with Gasteiger partial charge in [-0.3, -0.25) is 9.69 Å². The summed E-state index contributed by atoms with van der Waals surface area (Å²) in [7, 11) is 1.97. The maximum Gasteiger partial charge on any atom is 0.325 e. The Hall–Kier alpha value is -3.05. The monoisotopic (exact) mass is 515 g/mol. The van der Waals surface area contributed by atoms with Gasteiger partial charge in [-0.05, 0) is 41.9 Å². The zero-order valence-electron chi connectivity index (χ0n) is 17.8. The summed E-state index contributed by atoms with van der Waals surface area (Å²) >= 11 is 5.03. The van der Waals surface area contributed by atoms with E-state index in [4.69, 9.17) is 0 Å². The molecular formula is C21H22BrN7O2S. The van der Waals surface area contributed by atoms with Crippen molar-refractivity contribution in [2.45, 2.75) is 19.4 Å². The normalized spacial score (nSPS) is 15.1. The summed E-state index contributed by atoms with van der Waals surface area (Å²) in [5.41, 5.74) is 0.875. The third kappa shape index (κ3) is 4.44. The first-order valence-electron chi connectivity index (χ1n) is 9.92. The van der Waals surface area contributed by atoms with Crippen molar-refractivity contribution in [3.05, 3.63) is 47.2 Å². The van der Waals surface area contributed by atoms with E-state index >= 15 is 0 Å². The van der Waals surface area contributed by atoms with Gasteiger partial charge in [0.15, 0.2) is 5.13 Å². The molecule has 0 saturated carbocycles. The van der Waals surface area contributed by atoms with E-state index in [1.54, 1.807) is 26.2 Å². The molecule has 0 atom stereocenters. The van der Waals surface area contributed by atoms with Gasteiger partial charge in [-0.1, -0.05) is 29.5 Å². The third-order valence-corrected chi connectivity index (χ3v) is 6.63. The fourth-order valence-electron chi connectivity index (χ4n) is 3.22. The fraction of sp³-hybridized carbons (Fsp3) is 0.286. The molecule has 4 rings (SSSR count). The molecule has 11 heteroatoms. The van der Waals surface area contributed by atoms with E-state index in [9.17, 15) is 9.59 Å². The average molecular weight is 516 g/mol. The first-order valence-corrected chi connectivity index (χ1v) is 11.5. The number of benzene rings is 1. The number of anilines is 3. The predicted molar refractivity (Wildman–Crippen MR) is 128 cm³/mol. The van der Waals surface area contributed by atoms with Crippen molar-refractivity contribution in [2.75, 3.05) is 30.4 Å². The number of amides is 3. The van der Waals surface area contributed by atoms with Crippen LogP contribution < -0.4 is 15.5 Å². The second-order valence-corrected chi connectivity index (χ2v) is 9.59. The number of urea groups is 1. The predicted octanol–water partition coefficient (Wildman–Crippen LogP) is 3.87. The molecule has 3 amide bonds. The molecule has 1 aliphatic heterocycles. The molecule has 1 aromatic carbocycles. The zero-order valence-corrected chi connectivity index (χ0v) is 20.2. The van der Waals surface area contributed by atoms with Crippen molar-refractivity contribution >= 4 is 56.0 Å². The van der Waals surface area contributed by atoms with E-state index in [2.05, 4.69) is 41.5 Å². The Kier molecular flexibility index (Phi) is 6.11. The lowest BCUT2D eigenvalue weighted by atomic mass is 10.1. The molecule has 0 bridgehead atoms. The van der Waals surface area contributed by atoms with Gasteiger partial charge in [-0.2, -0.15) is 0 Å². The molecule has 9 nitrogen and oxygen atoms in total. The van der Waals surface area contributed by atoms with Gasteiger partial charge in [0.05, 0.1) is 9.35 Å². The van der Waals surface area contributed by atoms with Crippen LogP contribution in [0, 0.1) is 0 Å². The lowest BCUT2D eigenvalue weighted by Crippen LogP contribution is -2.40. The summed E-state index contributed by atoms with van der Waals surface area (Å²) in [6.07, 6.45) is 3.45.